The predicted molar refractivity (Wildman–Crippen MR) is 88.5 cm³/mol. The maximum Gasteiger partial charge on any atom is 0.326 e. The Morgan fingerprint density at radius 2 is 2.09 bits per heavy atom. The highest BCUT2D eigenvalue weighted by molar-refractivity contribution is 8.00. The molecule has 0 saturated carbocycles. The van der Waals surface area contributed by atoms with Crippen molar-refractivity contribution in [3.63, 3.8) is 0 Å². The van der Waals surface area contributed by atoms with Crippen LogP contribution in [0.1, 0.15) is 20.3 Å². The zero-order valence-electron chi connectivity index (χ0n) is 13.1. The number of amides is 2. The van der Waals surface area contributed by atoms with Crippen LogP contribution in [-0.4, -0.2) is 41.2 Å². The van der Waals surface area contributed by atoms with Crippen molar-refractivity contribution >= 4 is 35.2 Å². The summed E-state index contributed by atoms with van der Waals surface area (Å²) in [5.41, 5.74) is 0.694. The molecule has 0 spiro atoms. The first-order valence-corrected chi connectivity index (χ1v) is 8.47. The third-order valence-electron chi connectivity index (χ3n) is 3.91. The number of hydrogen-bond donors (Lipinski definition) is 2. The first kappa shape index (κ1) is 17.3. The van der Waals surface area contributed by atoms with Crippen molar-refractivity contribution in [1.29, 1.82) is 0 Å². The van der Waals surface area contributed by atoms with Gasteiger partial charge in [0.05, 0.1) is 11.4 Å². The Balaban J connectivity index is 2.10. The third kappa shape index (κ3) is 4.04. The van der Waals surface area contributed by atoms with Crippen LogP contribution >= 0.6 is 11.8 Å². The number of para-hydroxylation sites is 1. The minimum atomic E-state index is -1.06. The molecule has 1 heterocycles. The molecular formula is C16H20N2O4S. The lowest BCUT2D eigenvalue weighted by Gasteiger charge is -2.29. The lowest BCUT2D eigenvalue weighted by molar-refractivity contribution is -0.143. The zero-order chi connectivity index (χ0) is 17.0. The van der Waals surface area contributed by atoms with Gasteiger partial charge in [-0.2, -0.15) is 0 Å². The molecule has 0 fully saturated rings. The maximum atomic E-state index is 12.2. The lowest BCUT2D eigenvalue weighted by Crippen LogP contribution is -2.50. The minimum absolute atomic E-state index is 0.153. The second kappa shape index (κ2) is 7.50. The second-order valence-corrected chi connectivity index (χ2v) is 6.52. The molecule has 6 nitrogen and oxygen atoms in total. The number of nitrogens with zero attached hydrogens (tertiary/aromatic N) is 1. The maximum absolute atomic E-state index is 12.2. The topological polar surface area (TPSA) is 86.7 Å². The molecule has 0 saturated heterocycles. The molecule has 124 valence electrons. The van der Waals surface area contributed by atoms with E-state index in [4.69, 9.17) is 0 Å². The molecule has 1 aliphatic rings. The third-order valence-corrected chi connectivity index (χ3v) is 4.95. The number of benzene rings is 1. The average molecular weight is 336 g/mol. The van der Waals surface area contributed by atoms with Gasteiger partial charge >= 0.3 is 5.97 Å². The fourth-order valence-corrected chi connectivity index (χ4v) is 3.31. The van der Waals surface area contributed by atoms with E-state index in [2.05, 4.69) is 5.32 Å². The number of fused-ring (bicyclic) bond motifs is 1. The van der Waals surface area contributed by atoms with Gasteiger partial charge in [0.2, 0.25) is 11.8 Å². The summed E-state index contributed by atoms with van der Waals surface area (Å²) in [6.45, 7) is 3.47. The van der Waals surface area contributed by atoms with Crippen molar-refractivity contribution in [2.45, 2.75) is 31.2 Å². The number of thioether (sulfide) groups is 1. The summed E-state index contributed by atoms with van der Waals surface area (Å²) in [6.07, 6.45) is 0.638. The fourth-order valence-electron chi connectivity index (χ4n) is 2.37. The molecule has 1 aromatic carbocycles. The summed E-state index contributed by atoms with van der Waals surface area (Å²) < 4.78 is 0. The van der Waals surface area contributed by atoms with E-state index >= 15 is 0 Å². The summed E-state index contributed by atoms with van der Waals surface area (Å²) in [4.78, 5) is 38.0. The highest BCUT2D eigenvalue weighted by atomic mass is 32.2. The number of anilines is 1. The lowest BCUT2D eigenvalue weighted by atomic mass is 9.99. The quantitative estimate of drug-likeness (QED) is 0.826. The summed E-state index contributed by atoms with van der Waals surface area (Å²) in [7, 11) is 0. The smallest absolute Gasteiger partial charge is 0.326 e. The monoisotopic (exact) mass is 336 g/mol. The molecule has 0 radical (unpaired) electrons. The van der Waals surface area contributed by atoms with Gasteiger partial charge in [-0.1, -0.05) is 32.4 Å². The number of carbonyl (C=O) groups excluding carboxylic acids is 2. The summed E-state index contributed by atoms with van der Waals surface area (Å²) >= 11 is 1.44. The van der Waals surface area contributed by atoms with Gasteiger partial charge in [0, 0.05) is 4.90 Å². The van der Waals surface area contributed by atoms with Crippen LogP contribution in [0.5, 0.6) is 0 Å². The molecule has 2 atom stereocenters. The molecule has 1 aromatic rings. The molecule has 7 heteroatoms. The van der Waals surface area contributed by atoms with Crippen LogP contribution in [0, 0.1) is 5.92 Å². The Morgan fingerprint density at radius 3 is 2.74 bits per heavy atom. The number of aliphatic carboxylic acids is 1. The molecule has 0 bridgehead atoms. The van der Waals surface area contributed by atoms with E-state index in [9.17, 15) is 19.5 Å². The van der Waals surface area contributed by atoms with Crippen LogP contribution in [0.25, 0.3) is 0 Å². The van der Waals surface area contributed by atoms with Crippen molar-refractivity contribution < 1.29 is 19.5 Å². The van der Waals surface area contributed by atoms with Crippen LogP contribution in [0.15, 0.2) is 29.2 Å². The van der Waals surface area contributed by atoms with E-state index in [1.165, 1.54) is 16.7 Å². The van der Waals surface area contributed by atoms with Gasteiger partial charge in [0.15, 0.2) is 0 Å². The number of nitrogens with one attached hydrogen (secondary N) is 1. The molecule has 23 heavy (non-hydrogen) atoms. The van der Waals surface area contributed by atoms with Crippen molar-refractivity contribution in [2.24, 2.45) is 5.92 Å². The van der Waals surface area contributed by atoms with E-state index in [-0.39, 0.29) is 24.1 Å². The Kier molecular flexibility index (Phi) is 5.65. The van der Waals surface area contributed by atoms with E-state index < -0.39 is 17.9 Å². The first-order valence-electron chi connectivity index (χ1n) is 7.48. The summed E-state index contributed by atoms with van der Waals surface area (Å²) in [6, 6.07) is 6.43. The van der Waals surface area contributed by atoms with Gasteiger partial charge in [-0.05, 0) is 18.1 Å². The number of hydrogen-bond acceptors (Lipinski definition) is 4. The highest BCUT2D eigenvalue weighted by Crippen LogP contribution is 2.34. The molecule has 2 amide bonds. The van der Waals surface area contributed by atoms with Crippen molar-refractivity contribution in [1.82, 2.24) is 5.32 Å². The van der Waals surface area contributed by atoms with Gasteiger partial charge in [0.25, 0.3) is 0 Å². The molecule has 0 aliphatic carbocycles. The average Bonchev–Trinajstić information content (AvgIpc) is 2.54. The van der Waals surface area contributed by atoms with E-state index in [1.807, 2.05) is 25.1 Å². The molecule has 2 rings (SSSR count). The van der Waals surface area contributed by atoms with Crippen molar-refractivity contribution in [2.75, 3.05) is 17.2 Å². The van der Waals surface area contributed by atoms with Crippen LogP contribution < -0.4 is 10.2 Å². The Hall–Kier alpha value is -2.02. The minimum Gasteiger partial charge on any atom is -0.480 e. The van der Waals surface area contributed by atoms with Gasteiger partial charge in [-0.25, -0.2) is 4.79 Å². The van der Waals surface area contributed by atoms with Gasteiger partial charge in [-0.3, -0.25) is 9.59 Å². The normalized spacial score (nSPS) is 16.4. The molecule has 1 aliphatic heterocycles. The van der Waals surface area contributed by atoms with Crippen LogP contribution in [0.3, 0.4) is 0 Å². The molecule has 0 aromatic heterocycles. The molecule has 2 N–H and O–H groups in total. The van der Waals surface area contributed by atoms with Crippen LogP contribution in [0.4, 0.5) is 5.69 Å². The molecule has 0 unspecified atom stereocenters. The highest BCUT2D eigenvalue weighted by Gasteiger charge is 2.29. The zero-order valence-corrected chi connectivity index (χ0v) is 13.9. The van der Waals surface area contributed by atoms with Crippen molar-refractivity contribution in [3.05, 3.63) is 24.3 Å². The van der Waals surface area contributed by atoms with Crippen molar-refractivity contribution in [3.8, 4) is 0 Å². The van der Waals surface area contributed by atoms with Gasteiger partial charge < -0.3 is 15.3 Å². The summed E-state index contributed by atoms with van der Waals surface area (Å²) in [5, 5.41) is 11.8. The Bertz CT molecular complexity index is 620. The number of carboxylic acids is 1. The number of carbonyl (C=O) groups is 3. The number of carboxylic acid groups (broad SMARTS) is 1. The predicted octanol–water partition coefficient (Wildman–Crippen LogP) is 1.74. The van der Waals surface area contributed by atoms with E-state index in [0.29, 0.717) is 12.1 Å². The SMILES string of the molecule is CC[C@H](C)[C@H](NC(=O)CN1C(=O)CSc2ccccc21)C(=O)O. The van der Waals surface area contributed by atoms with E-state index in [1.54, 1.807) is 13.0 Å². The van der Waals surface area contributed by atoms with E-state index in [0.717, 1.165) is 4.90 Å². The summed E-state index contributed by atoms with van der Waals surface area (Å²) in [5.74, 6) is -1.59. The largest absolute Gasteiger partial charge is 0.480 e. The fraction of sp³-hybridized carbons (Fsp3) is 0.438. The first-order chi connectivity index (χ1) is 10.9. The Morgan fingerprint density at radius 1 is 1.39 bits per heavy atom. The Labute approximate surface area is 139 Å². The van der Waals surface area contributed by atoms with Crippen LogP contribution in [-0.2, 0) is 14.4 Å². The van der Waals surface area contributed by atoms with Crippen LogP contribution in [0.2, 0.25) is 0 Å². The standard InChI is InChI=1S/C16H20N2O4S/c1-3-10(2)15(16(21)22)17-13(19)8-18-11-6-4-5-7-12(11)23-9-14(18)20/h4-7,10,15H,3,8-9H2,1-2H3,(H,17,19)(H,21,22)/t10-,15-/m0/s1. The molecular weight excluding hydrogens is 316 g/mol. The number of rotatable bonds is 6. The van der Waals surface area contributed by atoms with Gasteiger partial charge in [0.1, 0.15) is 12.6 Å². The van der Waals surface area contributed by atoms with Gasteiger partial charge in [-0.15, -0.1) is 11.8 Å². The second-order valence-electron chi connectivity index (χ2n) is 5.51.